The molecule has 1 saturated heterocycles. The number of aromatic nitrogens is 2. The number of piperidine rings is 1. The van der Waals surface area contributed by atoms with Crippen molar-refractivity contribution in [1.82, 2.24) is 14.7 Å². The lowest BCUT2D eigenvalue weighted by atomic mass is 10.1. The molecule has 1 aliphatic heterocycles. The molecule has 1 amide bonds. The van der Waals surface area contributed by atoms with Crippen LogP contribution in [0, 0.1) is 12.7 Å². The number of rotatable bonds is 5. The van der Waals surface area contributed by atoms with Gasteiger partial charge in [0.2, 0.25) is 5.91 Å². The van der Waals surface area contributed by atoms with Crippen LogP contribution in [0.2, 0.25) is 0 Å². The second kappa shape index (κ2) is 7.47. The van der Waals surface area contributed by atoms with Gasteiger partial charge in [0.15, 0.2) is 0 Å². The Labute approximate surface area is 141 Å². The molecule has 5 nitrogen and oxygen atoms in total. The SMILES string of the molecule is Cc1ccn(CCC(=O)N2CCC(Oc3ccc(F)cc3)CC2)n1. The second-order valence-corrected chi connectivity index (χ2v) is 6.12. The molecule has 1 fully saturated rings. The molecule has 0 radical (unpaired) electrons. The van der Waals surface area contributed by atoms with Gasteiger partial charge in [0.05, 0.1) is 5.69 Å². The van der Waals surface area contributed by atoms with Gasteiger partial charge in [-0.25, -0.2) is 4.39 Å². The maximum atomic E-state index is 12.9. The van der Waals surface area contributed by atoms with E-state index < -0.39 is 0 Å². The topological polar surface area (TPSA) is 47.4 Å². The number of nitrogens with zero attached hydrogens (tertiary/aromatic N) is 3. The largest absolute Gasteiger partial charge is 0.490 e. The minimum atomic E-state index is -0.268. The van der Waals surface area contributed by atoms with E-state index in [1.54, 1.807) is 16.8 Å². The van der Waals surface area contributed by atoms with Crippen LogP contribution in [0.3, 0.4) is 0 Å². The van der Waals surface area contributed by atoms with Crippen molar-refractivity contribution in [2.75, 3.05) is 13.1 Å². The summed E-state index contributed by atoms with van der Waals surface area (Å²) in [5, 5.41) is 4.29. The van der Waals surface area contributed by atoms with Crippen molar-refractivity contribution in [2.24, 2.45) is 0 Å². The molecule has 0 unspecified atom stereocenters. The lowest BCUT2D eigenvalue weighted by Gasteiger charge is -2.32. The van der Waals surface area contributed by atoms with Crippen molar-refractivity contribution in [3.05, 3.63) is 48.0 Å². The number of likely N-dealkylation sites (tertiary alicyclic amines) is 1. The number of hydrogen-bond acceptors (Lipinski definition) is 3. The van der Waals surface area contributed by atoms with Gasteiger partial charge in [0, 0.05) is 45.1 Å². The first-order valence-corrected chi connectivity index (χ1v) is 8.30. The van der Waals surface area contributed by atoms with Crippen LogP contribution in [0.15, 0.2) is 36.5 Å². The number of halogens is 1. The Balaban J connectivity index is 1.42. The average Bonchev–Trinajstić information content (AvgIpc) is 3.01. The lowest BCUT2D eigenvalue weighted by molar-refractivity contribution is -0.133. The van der Waals surface area contributed by atoms with E-state index in [0.717, 1.165) is 18.5 Å². The number of amides is 1. The third kappa shape index (κ3) is 4.34. The summed E-state index contributed by atoms with van der Waals surface area (Å²) >= 11 is 0. The summed E-state index contributed by atoms with van der Waals surface area (Å²) in [6.07, 6.45) is 4.03. The third-order valence-corrected chi connectivity index (χ3v) is 4.24. The minimum Gasteiger partial charge on any atom is -0.490 e. The van der Waals surface area contributed by atoms with Gasteiger partial charge in [-0.15, -0.1) is 0 Å². The molecule has 0 atom stereocenters. The van der Waals surface area contributed by atoms with Gasteiger partial charge >= 0.3 is 0 Å². The van der Waals surface area contributed by atoms with Crippen molar-refractivity contribution < 1.29 is 13.9 Å². The highest BCUT2D eigenvalue weighted by molar-refractivity contribution is 5.76. The molecule has 2 heterocycles. The minimum absolute atomic E-state index is 0.0771. The van der Waals surface area contributed by atoms with Gasteiger partial charge in [0.25, 0.3) is 0 Å². The van der Waals surface area contributed by atoms with Crippen LogP contribution in [0.25, 0.3) is 0 Å². The van der Waals surface area contributed by atoms with Crippen LogP contribution in [0.1, 0.15) is 25.0 Å². The van der Waals surface area contributed by atoms with E-state index in [2.05, 4.69) is 5.10 Å². The summed E-state index contributed by atoms with van der Waals surface area (Å²) < 4.78 is 20.6. The highest BCUT2D eigenvalue weighted by Crippen LogP contribution is 2.19. The van der Waals surface area contributed by atoms with Crippen molar-refractivity contribution in [2.45, 2.75) is 38.8 Å². The first kappa shape index (κ1) is 16.5. The maximum Gasteiger partial charge on any atom is 0.224 e. The van der Waals surface area contributed by atoms with Crippen LogP contribution in [0.4, 0.5) is 4.39 Å². The zero-order valence-corrected chi connectivity index (χ0v) is 13.8. The molecule has 6 heteroatoms. The highest BCUT2D eigenvalue weighted by atomic mass is 19.1. The van der Waals surface area contributed by atoms with Gasteiger partial charge in [-0.1, -0.05) is 0 Å². The first-order chi connectivity index (χ1) is 11.6. The maximum absolute atomic E-state index is 12.9. The summed E-state index contributed by atoms with van der Waals surface area (Å²) in [4.78, 5) is 14.2. The highest BCUT2D eigenvalue weighted by Gasteiger charge is 2.23. The Morgan fingerprint density at radius 2 is 1.96 bits per heavy atom. The first-order valence-electron chi connectivity index (χ1n) is 8.30. The molecule has 24 heavy (non-hydrogen) atoms. The van der Waals surface area contributed by atoms with Crippen molar-refractivity contribution in [1.29, 1.82) is 0 Å². The zero-order chi connectivity index (χ0) is 16.9. The van der Waals surface area contributed by atoms with Crippen LogP contribution >= 0.6 is 0 Å². The molecule has 0 aliphatic carbocycles. The third-order valence-electron chi connectivity index (χ3n) is 4.24. The number of hydrogen-bond donors (Lipinski definition) is 0. The zero-order valence-electron chi connectivity index (χ0n) is 13.8. The number of carbonyl (C=O) groups excluding carboxylic acids is 1. The summed E-state index contributed by atoms with van der Waals surface area (Å²) in [5.41, 5.74) is 0.959. The number of carbonyl (C=O) groups is 1. The normalized spacial score (nSPS) is 15.5. The number of ether oxygens (including phenoxy) is 1. The molecule has 1 aliphatic rings. The fraction of sp³-hybridized carbons (Fsp3) is 0.444. The molecule has 1 aromatic carbocycles. The van der Waals surface area contributed by atoms with Crippen LogP contribution in [-0.2, 0) is 11.3 Å². The van der Waals surface area contributed by atoms with E-state index in [1.807, 2.05) is 24.1 Å². The van der Waals surface area contributed by atoms with Crippen LogP contribution in [0.5, 0.6) is 5.75 Å². The molecule has 128 valence electrons. The van der Waals surface area contributed by atoms with E-state index in [0.29, 0.717) is 31.8 Å². The molecule has 0 bridgehead atoms. The molecular formula is C18H22FN3O2. The fourth-order valence-electron chi connectivity index (χ4n) is 2.88. The summed E-state index contributed by atoms with van der Waals surface area (Å²) in [6.45, 7) is 3.94. The Morgan fingerprint density at radius 3 is 2.58 bits per heavy atom. The van der Waals surface area contributed by atoms with Crippen molar-refractivity contribution in [3.8, 4) is 5.75 Å². The van der Waals surface area contributed by atoms with Gasteiger partial charge in [-0.05, 0) is 37.3 Å². The van der Waals surface area contributed by atoms with E-state index in [1.165, 1.54) is 12.1 Å². The number of benzene rings is 1. The average molecular weight is 331 g/mol. The molecule has 0 N–H and O–H groups in total. The second-order valence-electron chi connectivity index (χ2n) is 6.12. The smallest absolute Gasteiger partial charge is 0.224 e. The summed E-state index contributed by atoms with van der Waals surface area (Å²) in [6, 6.07) is 8.00. The lowest BCUT2D eigenvalue weighted by Crippen LogP contribution is -2.42. The Kier molecular flexibility index (Phi) is 5.13. The van der Waals surface area contributed by atoms with E-state index in [-0.39, 0.29) is 17.8 Å². The molecule has 0 saturated carbocycles. The van der Waals surface area contributed by atoms with Crippen LogP contribution in [-0.4, -0.2) is 39.8 Å². The summed E-state index contributed by atoms with van der Waals surface area (Å²) in [7, 11) is 0. The number of aryl methyl sites for hydroxylation is 2. The molecule has 3 rings (SSSR count). The van der Waals surface area contributed by atoms with Gasteiger partial charge in [0.1, 0.15) is 17.7 Å². The van der Waals surface area contributed by atoms with Crippen LogP contribution < -0.4 is 4.74 Å². The predicted molar refractivity (Wildman–Crippen MR) is 88.2 cm³/mol. The van der Waals surface area contributed by atoms with E-state index in [4.69, 9.17) is 4.74 Å². The molecule has 2 aromatic rings. The van der Waals surface area contributed by atoms with Gasteiger partial charge in [-0.2, -0.15) is 5.10 Å². The Bertz CT molecular complexity index is 676. The molecular weight excluding hydrogens is 309 g/mol. The summed E-state index contributed by atoms with van der Waals surface area (Å²) in [5.74, 6) is 0.564. The Morgan fingerprint density at radius 1 is 1.25 bits per heavy atom. The molecule has 1 aromatic heterocycles. The predicted octanol–water partition coefficient (Wildman–Crippen LogP) is 2.79. The van der Waals surface area contributed by atoms with E-state index >= 15 is 0 Å². The molecule has 0 spiro atoms. The fourth-order valence-corrected chi connectivity index (χ4v) is 2.88. The monoisotopic (exact) mass is 331 g/mol. The Hall–Kier alpha value is -2.37. The van der Waals surface area contributed by atoms with Crippen molar-refractivity contribution >= 4 is 5.91 Å². The van der Waals surface area contributed by atoms with Gasteiger partial charge < -0.3 is 9.64 Å². The quantitative estimate of drug-likeness (QED) is 0.846. The van der Waals surface area contributed by atoms with Gasteiger partial charge in [-0.3, -0.25) is 9.48 Å². The van der Waals surface area contributed by atoms with E-state index in [9.17, 15) is 9.18 Å². The van der Waals surface area contributed by atoms with Crippen molar-refractivity contribution in [3.63, 3.8) is 0 Å². The standard InChI is InChI=1S/C18H22FN3O2/c1-14-6-12-22(20-14)13-9-18(23)21-10-7-17(8-11-21)24-16-4-2-15(19)3-5-16/h2-6,12,17H,7-11,13H2,1H3.